The molecule has 126 valence electrons. The summed E-state index contributed by atoms with van der Waals surface area (Å²) in [7, 11) is 0. The molecule has 0 fully saturated rings. The lowest BCUT2D eigenvalue weighted by Crippen LogP contribution is -2.39. The van der Waals surface area contributed by atoms with Crippen LogP contribution in [0.1, 0.15) is 17.2 Å². The minimum absolute atomic E-state index is 0.000603. The van der Waals surface area contributed by atoms with Crippen molar-refractivity contribution < 1.29 is 18.3 Å². The van der Waals surface area contributed by atoms with Crippen LogP contribution in [-0.2, 0) is 11.3 Å². The zero-order valence-electron chi connectivity index (χ0n) is 12.7. The second-order valence-electron chi connectivity index (χ2n) is 5.07. The van der Waals surface area contributed by atoms with E-state index in [1.165, 1.54) is 12.1 Å². The van der Waals surface area contributed by atoms with Crippen molar-refractivity contribution in [3.63, 3.8) is 0 Å². The van der Waals surface area contributed by atoms with E-state index >= 15 is 0 Å². The number of alkyl carbamates (subject to hydrolysis) is 1. The van der Waals surface area contributed by atoms with Gasteiger partial charge in [0.15, 0.2) is 0 Å². The van der Waals surface area contributed by atoms with Gasteiger partial charge in [-0.25, -0.2) is 4.79 Å². The van der Waals surface area contributed by atoms with Gasteiger partial charge in [-0.1, -0.05) is 65.0 Å². The molecule has 2 aromatic carbocycles. The van der Waals surface area contributed by atoms with Crippen molar-refractivity contribution in [2.75, 3.05) is 0 Å². The lowest BCUT2D eigenvalue weighted by atomic mass is 10.0. The summed E-state index contributed by atoms with van der Waals surface area (Å²) in [6.07, 6.45) is -0.412. The number of hydrogen-bond acceptors (Lipinski definition) is 2. The van der Waals surface area contributed by atoms with E-state index in [-0.39, 0.29) is 12.2 Å². The summed E-state index contributed by atoms with van der Waals surface area (Å²) in [6.45, 7) is 3.15. The Bertz CT molecular complexity index is 690. The summed E-state index contributed by atoms with van der Waals surface area (Å²) in [4.78, 5) is 11.9. The Morgan fingerprint density at radius 1 is 1.21 bits per heavy atom. The first-order valence-corrected chi connectivity index (χ1v) is 7.96. The smallest absolute Gasteiger partial charge is 0.408 e. The molecule has 24 heavy (non-hydrogen) atoms. The fourth-order valence-corrected chi connectivity index (χ4v) is 2.32. The van der Waals surface area contributed by atoms with Crippen molar-refractivity contribution in [2.45, 2.75) is 18.6 Å². The molecule has 0 saturated carbocycles. The van der Waals surface area contributed by atoms with E-state index in [4.69, 9.17) is 4.74 Å². The van der Waals surface area contributed by atoms with Crippen molar-refractivity contribution >= 4 is 22.0 Å². The maximum absolute atomic E-state index is 14.1. The monoisotopic (exact) mass is 395 g/mol. The number of nitrogens with one attached hydrogen (secondary N) is 1. The van der Waals surface area contributed by atoms with Crippen LogP contribution in [-0.4, -0.2) is 12.0 Å². The molecule has 2 rings (SSSR count). The molecule has 1 amide bonds. The van der Waals surface area contributed by atoms with E-state index in [0.717, 1.165) is 10.0 Å². The molecule has 3 nitrogen and oxygen atoms in total. The quantitative estimate of drug-likeness (QED) is 0.679. The molecule has 1 unspecified atom stereocenters. The topological polar surface area (TPSA) is 38.3 Å². The Kier molecular flexibility index (Phi) is 6.09. The van der Waals surface area contributed by atoms with Crippen LogP contribution in [0.25, 0.3) is 0 Å². The Morgan fingerprint density at radius 3 is 2.42 bits per heavy atom. The highest BCUT2D eigenvalue weighted by molar-refractivity contribution is 9.10. The molecular formula is C18H16BrF2NO2. The number of carbonyl (C=O) groups is 1. The lowest BCUT2D eigenvalue weighted by molar-refractivity contribution is 0.00975. The highest BCUT2D eigenvalue weighted by Crippen LogP contribution is 2.33. The molecule has 0 spiro atoms. The summed E-state index contributed by atoms with van der Waals surface area (Å²) in [5, 5.41) is 2.22. The van der Waals surface area contributed by atoms with E-state index < -0.39 is 18.1 Å². The number of halogens is 3. The molecule has 0 heterocycles. The first kappa shape index (κ1) is 18.1. The van der Waals surface area contributed by atoms with Crippen molar-refractivity contribution in [1.82, 2.24) is 5.32 Å². The van der Waals surface area contributed by atoms with E-state index in [9.17, 15) is 13.6 Å². The van der Waals surface area contributed by atoms with E-state index in [0.29, 0.717) is 6.08 Å². The molecule has 0 saturated heterocycles. The van der Waals surface area contributed by atoms with Gasteiger partial charge in [-0.3, -0.25) is 0 Å². The molecule has 0 bridgehead atoms. The third-order valence-corrected chi connectivity index (χ3v) is 3.86. The Hall–Kier alpha value is -2.21. The van der Waals surface area contributed by atoms with Gasteiger partial charge in [-0.15, -0.1) is 0 Å². The Morgan fingerprint density at radius 2 is 1.83 bits per heavy atom. The van der Waals surface area contributed by atoms with Crippen LogP contribution < -0.4 is 5.32 Å². The number of amides is 1. The zero-order valence-corrected chi connectivity index (χ0v) is 14.3. The van der Waals surface area contributed by atoms with Gasteiger partial charge in [-0.05, 0) is 29.3 Å². The highest BCUT2D eigenvalue weighted by Gasteiger charge is 2.39. The number of alkyl halides is 2. The number of hydrogen-bond donors (Lipinski definition) is 1. The summed E-state index contributed by atoms with van der Waals surface area (Å²) < 4.78 is 34.0. The second-order valence-corrected chi connectivity index (χ2v) is 5.98. The minimum Gasteiger partial charge on any atom is -0.445 e. The molecule has 0 aliphatic heterocycles. The number of carbonyl (C=O) groups excluding carboxylic acids is 1. The van der Waals surface area contributed by atoms with Gasteiger partial charge in [0.25, 0.3) is 5.92 Å². The first-order chi connectivity index (χ1) is 11.4. The van der Waals surface area contributed by atoms with Crippen molar-refractivity contribution in [1.29, 1.82) is 0 Å². The normalized spacial score (nSPS) is 12.3. The maximum Gasteiger partial charge on any atom is 0.408 e. The largest absolute Gasteiger partial charge is 0.445 e. The van der Waals surface area contributed by atoms with Gasteiger partial charge >= 0.3 is 6.09 Å². The van der Waals surface area contributed by atoms with Crippen molar-refractivity contribution in [3.8, 4) is 0 Å². The van der Waals surface area contributed by atoms with E-state index in [1.54, 1.807) is 36.4 Å². The summed E-state index contributed by atoms with van der Waals surface area (Å²) in [5.41, 5.74) is 1.02. The molecule has 6 heteroatoms. The number of ether oxygens (including phenoxy) is 1. The van der Waals surface area contributed by atoms with Crippen LogP contribution in [0.4, 0.5) is 13.6 Å². The van der Waals surface area contributed by atoms with Crippen LogP contribution in [0.15, 0.2) is 71.7 Å². The van der Waals surface area contributed by atoms with Crippen molar-refractivity contribution in [3.05, 3.63) is 82.9 Å². The second kappa shape index (κ2) is 8.06. The third-order valence-electron chi connectivity index (χ3n) is 3.34. The van der Waals surface area contributed by atoms with Gasteiger partial charge in [0.1, 0.15) is 12.6 Å². The van der Waals surface area contributed by atoms with Crippen LogP contribution in [0.3, 0.4) is 0 Å². The first-order valence-electron chi connectivity index (χ1n) is 7.16. The predicted molar refractivity (Wildman–Crippen MR) is 91.8 cm³/mol. The maximum atomic E-state index is 14.1. The molecule has 0 radical (unpaired) electrons. The fraction of sp³-hybridized carbons (Fsp3) is 0.167. The van der Waals surface area contributed by atoms with Gasteiger partial charge < -0.3 is 10.1 Å². The van der Waals surface area contributed by atoms with Crippen LogP contribution in [0, 0.1) is 0 Å². The lowest BCUT2D eigenvalue weighted by Gasteiger charge is -2.25. The Labute approximate surface area is 147 Å². The number of rotatable bonds is 6. The average Bonchev–Trinajstić information content (AvgIpc) is 2.59. The molecule has 0 aliphatic carbocycles. The van der Waals surface area contributed by atoms with Crippen LogP contribution in [0.2, 0.25) is 0 Å². The van der Waals surface area contributed by atoms with Gasteiger partial charge in [-0.2, -0.15) is 8.78 Å². The van der Waals surface area contributed by atoms with Gasteiger partial charge in [0.2, 0.25) is 0 Å². The number of benzene rings is 2. The fourth-order valence-electron chi connectivity index (χ4n) is 2.06. The SMILES string of the molecule is C=CC(F)(F)C(NC(=O)OCc1ccccc1)c1ccc(Br)cc1. The predicted octanol–water partition coefficient (Wildman–Crippen LogP) is 5.24. The molecule has 1 atom stereocenters. The van der Waals surface area contributed by atoms with Gasteiger partial charge in [0.05, 0.1) is 0 Å². The van der Waals surface area contributed by atoms with Crippen LogP contribution in [0.5, 0.6) is 0 Å². The molecule has 1 N–H and O–H groups in total. The molecular weight excluding hydrogens is 380 g/mol. The summed E-state index contributed by atoms with van der Waals surface area (Å²) in [6, 6.07) is 13.7. The minimum atomic E-state index is -3.32. The van der Waals surface area contributed by atoms with Crippen molar-refractivity contribution in [2.24, 2.45) is 0 Å². The third kappa shape index (κ3) is 4.89. The summed E-state index contributed by atoms with van der Waals surface area (Å²) >= 11 is 3.24. The van der Waals surface area contributed by atoms with Gasteiger partial charge in [0, 0.05) is 4.47 Å². The molecule has 2 aromatic rings. The average molecular weight is 396 g/mol. The highest BCUT2D eigenvalue weighted by atomic mass is 79.9. The van der Waals surface area contributed by atoms with Crippen LogP contribution >= 0.6 is 15.9 Å². The standard InChI is InChI=1S/C18H16BrF2NO2/c1-2-18(20,21)16(14-8-10-15(19)11-9-14)22-17(23)24-12-13-6-4-3-5-7-13/h2-11,16H,1,12H2,(H,22,23). The van der Waals surface area contributed by atoms with E-state index in [1.807, 2.05) is 6.07 Å². The van der Waals surface area contributed by atoms with E-state index in [2.05, 4.69) is 27.8 Å². The molecule has 0 aliphatic rings. The summed E-state index contributed by atoms with van der Waals surface area (Å²) in [5.74, 6) is -3.32. The zero-order chi connectivity index (χ0) is 17.6. The Balaban J connectivity index is 2.09. The molecule has 0 aromatic heterocycles.